The predicted molar refractivity (Wildman–Crippen MR) is 254 cm³/mol. The molecule has 6 N–H and O–H groups in total. The first-order chi connectivity index (χ1) is 31.4. The van der Waals surface area contributed by atoms with Crippen LogP contribution >= 0.6 is 15.6 Å². The summed E-state index contributed by atoms with van der Waals surface area (Å²) >= 11 is 0. The van der Waals surface area contributed by atoms with Crippen LogP contribution in [0.25, 0.3) is 0 Å². The van der Waals surface area contributed by atoms with E-state index in [-0.39, 0.29) is 25.0 Å². The molecule has 0 saturated heterocycles. The molecular formula is C48H88O16P2. The summed E-state index contributed by atoms with van der Waals surface area (Å²) in [4.78, 5) is 65.7. The third-order valence-corrected chi connectivity index (χ3v) is 13.1. The molecule has 18 heteroatoms. The monoisotopic (exact) mass is 983 g/mol. The van der Waals surface area contributed by atoms with Crippen molar-refractivity contribution in [3.05, 3.63) is 24.3 Å². The molecule has 16 nitrogen and oxygen atoms in total. The second-order valence-electron chi connectivity index (χ2n) is 18.4. The van der Waals surface area contributed by atoms with Crippen LogP contribution in [0.3, 0.4) is 0 Å². The van der Waals surface area contributed by atoms with E-state index in [1.165, 1.54) is 83.5 Å². The minimum absolute atomic E-state index is 0.0482. The van der Waals surface area contributed by atoms with Crippen LogP contribution in [0, 0.1) is 17.8 Å². The number of allylic oxidation sites excluding steroid dienone is 2. The van der Waals surface area contributed by atoms with E-state index < -0.39 is 90.3 Å². The van der Waals surface area contributed by atoms with Gasteiger partial charge in [0.05, 0.1) is 32.0 Å². The number of esters is 2. The summed E-state index contributed by atoms with van der Waals surface area (Å²) in [7, 11) is -9.79. The van der Waals surface area contributed by atoms with Gasteiger partial charge in [0.15, 0.2) is 6.10 Å². The Bertz CT molecular complexity index is 1430. The van der Waals surface area contributed by atoms with Crippen LogP contribution in [0.4, 0.5) is 0 Å². The Balaban J connectivity index is 2.49. The van der Waals surface area contributed by atoms with Gasteiger partial charge in [0.1, 0.15) is 18.5 Å². The van der Waals surface area contributed by atoms with Crippen molar-refractivity contribution in [2.24, 2.45) is 17.8 Å². The van der Waals surface area contributed by atoms with Gasteiger partial charge in [-0.2, -0.15) is 0 Å². The molecule has 1 rings (SSSR count). The summed E-state index contributed by atoms with van der Waals surface area (Å²) in [6, 6.07) is 0. The number of ether oxygens (including phenoxy) is 2. The quantitative estimate of drug-likeness (QED) is 0.0144. The number of hydrogen-bond donors (Lipinski definition) is 6. The summed E-state index contributed by atoms with van der Waals surface area (Å²) in [5.41, 5.74) is 0. The number of rotatable bonds is 43. The molecule has 0 aromatic heterocycles. The Kier molecular flexibility index (Phi) is 35.8. The van der Waals surface area contributed by atoms with Gasteiger partial charge in [0.2, 0.25) is 0 Å². The number of ketones is 1. The number of Topliss-reactive ketones (excluding diaryl/α,β-unsaturated/α-hetero) is 1. The van der Waals surface area contributed by atoms with Crippen LogP contribution in [-0.4, -0.2) is 98.6 Å². The van der Waals surface area contributed by atoms with Gasteiger partial charge < -0.3 is 39.5 Å². The molecule has 1 aliphatic rings. The second kappa shape index (κ2) is 38.0. The van der Waals surface area contributed by atoms with Crippen molar-refractivity contribution in [3.8, 4) is 0 Å². The molecule has 1 saturated carbocycles. The molecule has 0 radical (unpaired) electrons. The molecule has 7 atom stereocenters. The summed E-state index contributed by atoms with van der Waals surface area (Å²) in [6.07, 6.45) is 28.2. The lowest BCUT2D eigenvalue weighted by atomic mass is 9.90. The van der Waals surface area contributed by atoms with E-state index in [1.807, 2.05) is 12.2 Å². The molecule has 0 amide bonds. The number of unbranched alkanes of at least 4 members (excludes halogenated alkanes) is 18. The van der Waals surface area contributed by atoms with Crippen LogP contribution in [-0.2, 0) is 46.6 Å². The molecular weight excluding hydrogens is 894 g/mol. The zero-order valence-corrected chi connectivity index (χ0v) is 42.2. The smallest absolute Gasteiger partial charge is 0.462 e. The Morgan fingerprint density at radius 3 is 1.79 bits per heavy atom. The van der Waals surface area contributed by atoms with Crippen molar-refractivity contribution in [3.63, 3.8) is 0 Å². The number of phosphoric acid groups is 2. The maximum absolute atomic E-state index is 12.8. The molecule has 1 fully saturated rings. The summed E-state index contributed by atoms with van der Waals surface area (Å²) in [6.45, 7) is 3.71. The van der Waals surface area contributed by atoms with Gasteiger partial charge in [-0.15, -0.1) is 0 Å². The lowest BCUT2D eigenvalue weighted by Crippen LogP contribution is -2.29. The first-order valence-electron chi connectivity index (χ1n) is 25.0. The molecule has 66 heavy (non-hydrogen) atoms. The molecule has 1 aliphatic carbocycles. The Hall–Kier alpha value is -1.81. The van der Waals surface area contributed by atoms with E-state index in [2.05, 4.69) is 29.8 Å². The number of aliphatic hydroxyl groups is 3. The molecule has 0 spiro atoms. The van der Waals surface area contributed by atoms with Crippen molar-refractivity contribution in [2.75, 3.05) is 26.4 Å². The van der Waals surface area contributed by atoms with Crippen molar-refractivity contribution in [2.45, 2.75) is 219 Å². The van der Waals surface area contributed by atoms with Gasteiger partial charge >= 0.3 is 27.6 Å². The lowest BCUT2D eigenvalue weighted by molar-refractivity contribution is -0.161. The van der Waals surface area contributed by atoms with Crippen LogP contribution in [0.15, 0.2) is 24.3 Å². The molecule has 0 aliphatic heterocycles. The summed E-state index contributed by atoms with van der Waals surface area (Å²) in [5, 5.41) is 30.5. The Morgan fingerprint density at radius 1 is 0.682 bits per heavy atom. The number of phosphoric ester groups is 2. The third-order valence-electron chi connectivity index (χ3n) is 11.6. The average Bonchev–Trinajstić information content (AvgIpc) is 3.53. The van der Waals surface area contributed by atoms with Gasteiger partial charge in [-0.25, -0.2) is 9.13 Å². The van der Waals surface area contributed by atoms with E-state index in [9.17, 15) is 43.7 Å². The number of carbonyl (C=O) groups is 3. The van der Waals surface area contributed by atoms with Crippen molar-refractivity contribution < 1.29 is 76.6 Å². The minimum atomic E-state index is -4.90. The minimum Gasteiger partial charge on any atom is -0.462 e. The average molecular weight is 983 g/mol. The Labute approximate surface area is 395 Å². The number of aliphatic hydroxyl groups excluding tert-OH is 3. The zero-order chi connectivity index (χ0) is 49.1. The molecule has 0 heterocycles. The normalized spacial score (nSPS) is 19.2. The molecule has 0 aromatic carbocycles. The van der Waals surface area contributed by atoms with Gasteiger partial charge in [0, 0.05) is 31.1 Å². The van der Waals surface area contributed by atoms with Crippen LogP contribution < -0.4 is 0 Å². The summed E-state index contributed by atoms with van der Waals surface area (Å²) in [5.74, 6) is -1.28. The number of carbonyl (C=O) groups excluding carboxylic acids is 3. The maximum atomic E-state index is 12.8. The van der Waals surface area contributed by atoms with Crippen molar-refractivity contribution in [1.82, 2.24) is 0 Å². The van der Waals surface area contributed by atoms with E-state index in [0.29, 0.717) is 32.1 Å². The molecule has 386 valence electrons. The highest BCUT2D eigenvalue weighted by Gasteiger charge is 2.39. The fourth-order valence-electron chi connectivity index (χ4n) is 7.75. The fourth-order valence-corrected chi connectivity index (χ4v) is 8.91. The highest BCUT2D eigenvalue weighted by molar-refractivity contribution is 7.47. The number of hydrogen-bond acceptors (Lipinski definition) is 13. The summed E-state index contributed by atoms with van der Waals surface area (Å²) < 4.78 is 47.9. The van der Waals surface area contributed by atoms with Crippen molar-refractivity contribution >= 4 is 33.4 Å². The first kappa shape index (κ1) is 62.2. The van der Waals surface area contributed by atoms with Gasteiger partial charge in [-0.05, 0) is 38.0 Å². The van der Waals surface area contributed by atoms with E-state index in [1.54, 1.807) is 12.2 Å². The maximum Gasteiger partial charge on any atom is 0.472 e. The van der Waals surface area contributed by atoms with Crippen LogP contribution in [0.2, 0.25) is 0 Å². The molecule has 0 bridgehead atoms. The van der Waals surface area contributed by atoms with Crippen LogP contribution in [0.5, 0.6) is 0 Å². The van der Waals surface area contributed by atoms with Crippen molar-refractivity contribution in [1.29, 1.82) is 0 Å². The SMILES string of the molecule is CCCCC[C@H](O)/C=C/[C@H]1[C@H](O)CC(=O)[C@@H]1C/C=C\CCCC(=O)O[C@H](COC(=O)CCCCCCCCCCCCCCCCCCC(C)C)COP(=O)(O)OC[C@@H](O)COP(=O)(O)O. The van der Waals surface area contributed by atoms with E-state index >= 15 is 0 Å². The van der Waals surface area contributed by atoms with E-state index in [0.717, 1.165) is 44.4 Å². The van der Waals surface area contributed by atoms with Gasteiger partial charge in [-0.3, -0.25) is 28.0 Å². The van der Waals surface area contributed by atoms with E-state index in [4.69, 9.17) is 23.8 Å². The topological polar surface area (TPSA) is 253 Å². The fraction of sp³-hybridized carbons (Fsp3) is 0.854. The predicted octanol–water partition coefficient (Wildman–Crippen LogP) is 9.90. The van der Waals surface area contributed by atoms with Gasteiger partial charge in [-0.1, -0.05) is 167 Å². The first-order valence-corrected chi connectivity index (χ1v) is 28.0. The van der Waals surface area contributed by atoms with Crippen LogP contribution in [0.1, 0.15) is 194 Å². The second-order valence-corrected chi connectivity index (χ2v) is 21.0. The third kappa shape index (κ3) is 35.3. The Morgan fingerprint density at radius 2 is 1.21 bits per heavy atom. The molecule has 1 unspecified atom stereocenters. The highest BCUT2D eigenvalue weighted by Crippen LogP contribution is 2.44. The zero-order valence-electron chi connectivity index (χ0n) is 40.4. The highest BCUT2D eigenvalue weighted by atomic mass is 31.2. The lowest BCUT2D eigenvalue weighted by Gasteiger charge is -2.20. The standard InChI is InChI=1S/C48H88O16P2/c1-4-5-22-28-40(49)32-33-44-43(45(51)34-46(44)52)29-24-20-21-26-31-48(54)64-42(38-63-66(58,59)62-36-41(50)35-61-65(55,56)57)37-60-47(53)30-25-19-17-15-13-11-9-7-6-8-10-12-14-16-18-23-27-39(2)3/h20,24,32-33,39-44,46,49-50,52H,4-19,21-23,25-31,34-38H2,1-3H3,(H,58,59)(H2,55,56,57)/b24-20-,33-32+/t40-,41-,42+,43+,44+,46+/m0/s1. The molecule has 0 aromatic rings. The largest absolute Gasteiger partial charge is 0.472 e. The van der Waals surface area contributed by atoms with Gasteiger partial charge in [0.25, 0.3) is 0 Å².